The van der Waals surface area contributed by atoms with Gasteiger partial charge in [-0.1, -0.05) is 0 Å². The Morgan fingerprint density at radius 2 is 2.19 bits per heavy atom. The Labute approximate surface area is 118 Å². The molecule has 8 nitrogen and oxygen atoms in total. The number of hydrogen-bond donors (Lipinski definition) is 2. The number of nitrogens with zero attached hydrogens (tertiary/aromatic N) is 2. The average molecular weight is 297 g/mol. The maximum atomic E-state index is 13.6. The largest absolute Gasteiger partial charge is 0.465 e. The molecule has 0 bridgehead atoms. The Morgan fingerprint density at radius 3 is 2.71 bits per heavy atom. The molecule has 0 aromatic heterocycles. The van der Waals surface area contributed by atoms with E-state index in [-0.39, 0.29) is 18.8 Å². The molecule has 2 N–H and O–H groups in total. The lowest BCUT2D eigenvalue weighted by Crippen LogP contribution is -2.30. The van der Waals surface area contributed by atoms with E-state index in [9.17, 15) is 24.1 Å². The lowest BCUT2D eigenvalue weighted by Gasteiger charge is -2.12. The Hall–Kier alpha value is -2.71. The number of carbonyl (C=O) groups excluding carboxylic acids is 1. The zero-order chi connectivity index (χ0) is 15.6. The Bertz CT molecular complexity index is 607. The molecular formula is C12H12FN3O5. The fraction of sp³-hybridized carbons (Fsp3) is 0.333. The summed E-state index contributed by atoms with van der Waals surface area (Å²) >= 11 is 0. The molecule has 1 aliphatic rings. The molecular weight excluding hydrogens is 285 g/mol. The zero-order valence-electron chi connectivity index (χ0n) is 10.8. The van der Waals surface area contributed by atoms with Crippen LogP contribution in [0.3, 0.4) is 0 Å². The normalized spacial score (nSPS) is 17.6. The number of nitro benzene ring substituents is 1. The molecule has 1 saturated heterocycles. The van der Waals surface area contributed by atoms with Gasteiger partial charge in [0.2, 0.25) is 5.91 Å². The first-order valence-corrected chi connectivity index (χ1v) is 6.11. The molecule has 1 aliphatic heterocycles. The topological polar surface area (TPSA) is 113 Å². The molecule has 0 saturated carbocycles. The van der Waals surface area contributed by atoms with E-state index in [1.54, 1.807) is 0 Å². The molecule has 0 aliphatic carbocycles. The number of amides is 2. The first-order chi connectivity index (χ1) is 9.88. The number of carboxylic acid groups (broad SMARTS) is 1. The number of anilines is 1. The molecule has 1 unspecified atom stereocenters. The SMILES string of the molecule is O=C(Nc1ccc([N+](=O)[O-])cc1F)C1CCN(C(=O)O)C1. The van der Waals surface area contributed by atoms with Gasteiger partial charge in [-0.15, -0.1) is 0 Å². The monoisotopic (exact) mass is 297 g/mol. The number of nitro groups is 1. The van der Waals surface area contributed by atoms with Gasteiger partial charge in [-0.25, -0.2) is 9.18 Å². The van der Waals surface area contributed by atoms with Crippen LogP contribution in [0.15, 0.2) is 18.2 Å². The van der Waals surface area contributed by atoms with Gasteiger partial charge in [0.1, 0.15) is 0 Å². The standard InChI is InChI=1S/C12H12FN3O5/c13-9-5-8(16(20)21)1-2-10(9)14-11(17)7-3-4-15(6-7)12(18)19/h1-2,5,7H,3-4,6H2,(H,14,17)(H,18,19). The molecule has 1 aromatic rings. The van der Waals surface area contributed by atoms with E-state index in [2.05, 4.69) is 5.32 Å². The molecule has 9 heteroatoms. The van der Waals surface area contributed by atoms with Crippen molar-refractivity contribution in [2.24, 2.45) is 5.92 Å². The smallest absolute Gasteiger partial charge is 0.407 e. The fourth-order valence-corrected chi connectivity index (χ4v) is 2.10. The lowest BCUT2D eigenvalue weighted by molar-refractivity contribution is -0.385. The Kier molecular flexibility index (Phi) is 4.01. The van der Waals surface area contributed by atoms with Crippen molar-refractivity contribution in [1.82, 2.24) is 4.90 Å². The van der Waals surface area contributed by atoms with E-state index in [0.717, 1.165) is 17.0 Å². The number of likely N-dealkylation sites (tertiary alicyclic amines) is 1. The third-order valence-electron chi connectivity index (χ3n) is 3.25. The number of halogens is 1. The van der Waals surface area contributed by atoms with Crippen LogP contribution in [-0.4, -0.2) is 40.0 Å². The number of carbonyl (C=O) groups is 2. The minimum absolute atomic E-state index is 0.0514. The Morgan fingerprint density at radius 1 is 1.48 bits per heavy atom. The van der Waals surface area contributed by atoms with Crippen LogP contribution in [0.1, 0.15) is 6.42 Å². The maximum Gasteiger partial charge on any atom is 0.407 e. The summed E-state index contributed by atoms with van der Waals surface area (Å²) in [5, 5.41) is 21.6. The van der Waals surface area contributed by atoms with Crippen molar-refractivity contribution in [2.45, 2.75) is 6.42 Å². The summed E-state index contributed by atoms with van der Waals surface area (Å²) in [6.07, 6.45) is -0.751. The van der Waals surface area contributed by atoms with Gasteiger partial charge < -0.3 is 15.3 Å². The first kappa shape index (κ1) is 14.7. The highest BCUT2D eigenvalue weighted by molar-refractivity contribution is 5.93. The van der Waals surface area contributed by atoms with Crippen molar-refractivity contribution in [3.8, 4) is 0 Å². The highest BCUT2D eigenvalue weighted by atomic mass is 19.1. The highest BCUT2D eigenvalue weighted by Crippen LogP contribution is 2.23. The lowest BCUT2D eigenvalue weighted by atomic mass is 10.1. The molecule has 2 rings (SSSR count). The summed E-state index contributed by atoms with van der Waals surface area (Å²) in [5.41, 5.74) is -0.581. The van der Waals surface area contributed by atoms with Gasteiger partial charge >= 0.3 is 6.09 Å². The van der Waals surface area contributed by atoms with Gasteiger partial charge in [0, 0.05) is 19.2 Å². The van der Waals surface area contributed by atoms with Gasteiger partial charge in [0.25, 0.3) is 5.69 Å². The van der Waals surface area contributed by atoms with Crippen LogP contribution in [-0.2, 0) is 4.79 Å². The van der Waals surface area contributed by atoms with Crippen molar-refractivity contribution >= 4 is 23.4 Å². The summed E-state index contributed by atoms with van der Waals surface area (Å²) in [6.45, 7) is 0.298. The van der Waals surface area contributed by atoms with Gasteiger partial charge in [-0.3, -0.25) is 14.9 Å². The second kappa shape index (κ2) is 5.73. The molecule has 21 heavy (non-hydrogen) atoms. The minimum Gasteiger partial charge on any atom is -0.465 e. The molecule has 1 heterocycles. The zero-order valence-corrected chi connectivity index (χ0v) is 10.8. The summed E-state index contributed by atoms with van der Waals surface area (Å²) in [5.74, 6) is -1.98. The van der Waals surface area contributed by atoms with E-state index in [1.165, 1.54) is 0 Å². The molecule has 0 spiro atoms. The number of non-ortho nitro benzene ring substituents is 1. The maximum absolute atomic E-state index is 13.6. The van der Waals surface area contributed by atoms with E-state index < -0.39 is 34.3 Å². The van der Waals surface area contributed by atoms with E-state index in [4.69, 9.17) is 5.11 Å². The van der Waals surface area contributed by atoms with Crippen molar-refractivity contribution in [1.29, 1.82) is 0 Å². The summed E-state index contributed by atoms with van der Waals surface area (Å²) < 4.78 is 13.6. The second-order valence-electron chi connectivity index (χ2n) is 4.62. The quantitative estimate of drug-likeness (QED) is 0.651. The molecule has 1 fully saturated rings. The number of hydrogen-bond acceptors (Lipinski definition) is 4. The van der Waals surface area contributed by atoms with E-state index >= 15 is 0 Å². The number of benzene rings is 1. The van der Waals surface area contributed by atoms with Crippen LogP contribution in [0.5, 0.6) is 0 Å². The Balaban J connectivity index is 2.03. The predicted molar refractivity (Wildman–Crippen MR) is 69.4 cm³/mol. The van der Waals surface area contributed by atoms with Crippen LogP contribution in [0.2, 0.25) is 0 Å². The summed E-state index contributed by atoms with van der Waals surface area (Å²) in [6, 6.07) is 2.90. The molecule has 1 atom stereocenters. The van der Waals surface area contributed by atoms with Gasteiger partial charge in [-0.2, -0.15) is 0 Å². The van der Waals surface area contributed by atoms with Crippen LogP contribution in [0.25, 0.3) is 0 Å². The third kappa shape index (κ3) is 3.25. The molecule has 1 aromatic carbocycles. The second-order valence-corrected chi connectivity index (χ2v) is 4.62. The van der Waals surface area contributed by atoms with Gasteiger partial charge in [0.15, 0.2) is 5.82 Å². The number of nitrogens with one attached hydrogen (secondary N) is 1. The summed E-state index contributed by atoms with van der Waals surface area (Å²) in [7, 11) is 0. The van der Waals surface area contributed by atoms with E-state index in [1.807, 2.05) is 0 Å². The molecule has 0 radical (unpaired) electrons. The number of rotatable bonds is 3. The molecule has 112 valence electrons. The van der Waals surface area contributed by atoms with E-state index in [0.29, 0.717) is 12.5 Å². The summed E-state index contributed by atoms with van der Waals surface area (Å²) in [4.78, 5) is 33.5. The van der Waals surface area contributed by atoms with Crippen molar-refractivity contribution < 1.29 is 24.0 Å². The highest BCUT2D eigenvalue weighted by Gasteiger charge is 2.31. The average Bonchev–Trinajstić information content (AvgIpc) is 2.90. The van der Waals surface area contributed by atoms with Crippen molar-refractivity contribution in [3.63, 3.8) is 0 Å². The van der Waals surface area contributed by atoms with Crippen LogP contribution in [0.4, 0.5) is 20.6 Å². The van der Waals surface area contributed by atoms with Crippen LogP contribution < -0.4 is 5.32 Å². The minimum atomic E-state index is -1.10. The van der Waals surface area contributed by atoms with Gasteiger partial charge in [-0.05, 0) is 12.5 Å². The van der Waals surface area contributed by atoms with Gasteiger partial charge in [0.05, 0.1) is 22.6 Å². The van der Waals surface area contributed by atoms with Crippen molar-refractivity contribution in [3.05, 3.63) is 34.1 Å². The molecule has 2 amide bonds. The predicted octanol–water partition coefficient (Wildman–Crippen LogP) is 1.67. The van der Waals surface area contributed by atoms with Crippen LogP contribution in [0, 0.1) is 21.8 Å². The third-order valence-corrected chi connectivity index (χ3v) is 3.25. The fourth-order valence-electron chi connectivity index (χ4n) is 2.10. The first-order valence-electron chi connectivity index (χ1n) is 6.11. The van der Waals surface area contributed by atoms with Crippen molar-refractivity contribution in [2.75, 3.05) is 18.4 Å². The van der Waals surface area contributed by atoms with Crippen LogP contribution >= 0.6 is 0 Å².